The highest BCUT2D eigenvalue weighted by atomic mass is 79.9. The smallest absolute Gasteiger partial charge is 0.299 e. The summed E-state index contributed by atoms with van der Waals surface area (Å²) in [4.78, 5) is 25.2. The monoisotopic (exact) mass is 342 g/mol. The van der Waals surface area contributed by atoms with Gasteiger partial charge in [0.05, 0.1) is 15.7 Å². The van der Waals surface area contributed by atoms with Crippen LogP contribution >= 0.6 is 15.9 Å². The Morgan fingerprint density at radius 2 is 1.95 bits per heavy atom. The maximum atomic E-state index is 13.6. The fourth-order valence-corrected chi connectivity index (χ4v) is 2.40. The van der Waals surface area contributed by atoms with Crippen LogP contribution in [0.3, 0.4) is 0 Å². The summed E-state index contributed by atoms with van der Waals surface area (Å²) in [6.45, 7) is 6.88. The van der Waals surface area contributed by atoms with E-state index in [2.05, 4.69) is 21.2 Å². The molecule has 1 N–H and O–H groups in total. The van der Waals surface area contributed by atoms with Gasteiger partial charge in [0.15, 0.2) is 0 Å². The van der Waals surface area contributed by atoms with Crippen LogP contribution in [0, 0.1) is 5.82 Å². The number of nitrogens with zero attached hydrogens (tertiary/aromatic N) is 1. The summed E-state index contributed by atoms with van der Waals surface area (Å²) in [7, 11) is 0. The van der Waals surface area contributed by atoms with E-state index in [0.717, 1.165) is 0 Å². The van der Waals surface area contributed by atoms with E-state index in [1.165, 1.54) is 17.0 Å². The summed E-state index contributed by atoms with van der Waals surface area (Å²) < 4.78 is 13.8. The van der Waals surface area contributed by atoms with Gasteiger partial charge in [0.2, 0.25) is 0 Å². The molecular formula is C14H16BrFN2O2. The van der Waals surface area contributed by atoms with Crippen LogP contribution in [0.4, 0.5) is 10.1 Å². The third-order valence-electron chi connectivity index (χ3n) is 3.00. The molecule has 0 atom stereocenters. The molecule has 1 aromatic rings. The summed E-state index contributed by atoms with van der Waals surface area (Å²) in [6.07, 6.45) is 0. The highest BCUT2D eigenvalue weighted by molar-refractivity contribution is 9.10. The number of fused-ring (bicyclic) bond motifs is 1. The third-order valence-corrected chi connectivity index (χ3v) is 3.61. The van der Waals surface area contributed by atoms with E-state index >= 15 is 0 Å². The van der Waals surface area contributed by atoms with Crippen molar-refractivity contribution in [3.63, 3.8) is 0 Å². The average Bonchev–Trinajstić information content (AvgIpc) is 2.54. The molecule has 1 amide bonds. The van der Waals surface area contributed by atoms with E-state index in [-0.39, 0.29) is 15.6 Å². The van der Waals surface area contributed by atoms with Crippen molar-refractivity contribution in [3.8, 4) is 0 Å². The zero-order chi connectivity index (χ0) is 15.1. The number of hydrogen-bond acceptors (Lipinski definition) is 3. The van der Waals surface area contributed by atoms with Gasteiger partial charge in [0.1, 0.15) is 5.82 Å². The molecule has 1 aromatic carbocycles. The Kier molecular flexibility index (Phi) is 3.97. The van der Waals surface area contributed by atoms with Crippen molar-refractivity contribution in [2.45, 2.75) is 26.3 Å². The number of Topliss-reactive ketones (excluding diaryl/α,β-unsaturated/α-hetero) is 1. The molecular weight excluding hydrogens is 327 g/mol. The van der Waals surface area contributed by atoms with E-state index in [0.29, 0.717) is 18.8 Å². The van der Waals surface area contributed by atoms with Crippen LogP contribution < -0.4 is 10.2 Å². The van der Waals surface area contributed by atoms with Crippen LogP contribution in [-0.4, -0.2) is 30.3 Å². The number of amides is 1. The quantitative estimate of drug-likeness (QED) is 0.858. The standard InChI is InChI=1S/C14H16BrFN2O2/c1-14(2,3)17-4-5-18-11-7-10(16)9(15)6-8(11)12(19)13(18)20/h6-7,17H,4-5H2,1-3H3. The van der Waals surface area contributed by atoms with Gasteiger partial charge in [-0.3, -0.25) is 9.59 Å². The fraction of sp³-hybridized carbons (Fsp3) is 0.429. The maximum absolute atomic E-state index is 13.6. The summed E-state index contributed by atoms with van der Waals surface area (Å²) >= 11 is 3.03. The van der Waals surface area contributed by atoms with E-state index in [4.69, 9.17) is 0 Å². The number of hydrogen-bond donors (Lipinski definition) is 1. The van der Waals surface area contributed by atoms with Crippen LogP contribution in [0.5, 0.6) is 0 Å². The zero-order valence-corrected chi connectivity index (χ0v) is 13.2. The molecule has 0 bridgehead atoms. The van der Waals surface area contributed by atoms with Crippen LogP contribution in [0.2, 0.25) is 0 Å². The first-order valence-corrected chi connectivity index (χ1v) is 7.10. The topological polar surface area (TPSA) is 49.4 Å². The summed E-state index contributed by atoms with van der Waals surface area (Å²) in [5.74, 6) is -1.68. The van der Waals surface area contributed by atoms with Crippen LogP contribution in [0.15, 0.2) is 16.6 Å². The number of ketones is 1. The highest BCUT2D eigenvalue weighted by Crippen LogP contribution is 2.32. The SMILES string of the molecule is CC(C)(C)NCCN1C(=O)C(=O)c2cc(Br)c(F)cc21. The van der Waals surface area contributed by atoms with Crippen LogP contribution in [0.25, 0.3) is 0 Å². The summed E-state index contributed by atoms with van der Waals surface area (Å²) in [5, 5.41) is 3.23. The first-order valence-electron chi connectivity index (χ1n) is 6.31. The molecule has 0 fully saturated rings. The Bertz CT molecular complexity index is 581. The van der Waals surface area contributed by atoms with Gasteiger partial charge < -0.3 is 10.2 Å². The minimum Gasteiger partial charge on any atom is -0.310 e. The molecule has 2 rings (SSSR count). The van der Waals surface area contributed by atoms with Gasteiger partial charge in [-0.15, -0.1) is 0 Å². The lowest BCUT2D eigenvalue weighted by atomic mass is 10.1. The molecule has 1 aliphatic heterocycles. The lowest BCUT2D eigenvalue weighted by Gasteiger charge is -2.23. The number of rotatable bonds is 3. The highest BCUT2D eigenvalue weighted by Gasteiger charge is 2.36. The molecule has 1 aliphatic rings. The lowest BCUT2D eigenvalue weighted by Crippen LogP contribution is -2.42. The fourth-order valence-electron chi connectivity index (χ4n) is 2.05. The predicted molar refractivity (Wildman–Crippen MR) is 78.5 cm³/mol. The van der Waals surface area contributed by atoms with Crippen molar-refractivity contribution >= 4 is 33.3 Å². The molecule has 0 aromatic heterocycles. The Labute approximate surface area is 125 Å². The molecule has 4 nitrogen and oxygen atoms in total. The van der Waals surface area contributed by atoms with E-state index in [1.807, 2.05) is 20.8 Å². The van der Waals surface area contributed by atoms with Crippen molar-refractivity contribution in [2.24, 2.45) is 0 Å². The molecule has 0 spiro atoms. The largest absolute Gasteiger partial charge is 0.310 e. The van der Waals surface area contributed by atoms with Gasteiger partial charge in [0, 0.05) is 18.6 Å². The van der Waals surface area contributed by atoms with Crippen molar-refractivity contribution in [2.75, 3.05) is 18.0 Å². The normalized spacial score (nSPS) is 14.9. The third kappa shape index (κ3) is 2.91. The van der Waals surface area contributed by atoms with Crippen LogP contribution in [-0.2, 0) is 4.79 Å². The molecule has 108 valence electrons. The van der Waals surface area contributed by atoms with Gasteiger partial charge in [-0.2, -0.15) is 0 Å². The van der Waals surface area contributed by atoms with Crippen LogP contribution in [0.1, 0.15) is 31.1 Å². The lowest BCUT2D eigenvalue weighted by molar-refractivity contribution is -0.114. The molecule has 1 heterocycles. The van der Waals surface area contributed by atoms with Gasteiger partial charge in [-0.1, -0.05) is 0 Å². The molecule has 20 heavy (non-hydrogen) atoms. The maximum Gasteiger partial charge on any atom is 0.299 e. The van der Waals surface area contributed by atoms with Crippen molar-refractivity contribution in [1.82, 2.24) is 5.32 Å². The van der Waals surface area contributed by atoms with Crippen molar-refractivity contribution < 1.29 is 14.0 Å². The van der Waals surface area contributed by atoms with E-state index in [1.54, 1.807) is 0 Å². The minimum atomic E-state index is -0.604. The van der Waals surface area contributed by atoms with Gasteiger partial charge >= 0.3 is 0 Å². The van der Waals surface area contributed by atoms with Gasteiger partial charge in [-0.25, -0.2) is 4.39 Å². The van der Waals surface area contributed by atoms with E-state index in [9.17, 15) is 14.0 Å². The Hall–Kier alpha value is -1.27. The number of nitrogens with one attached hydrogen (secondary N) is 1. The molecule has 6 heteroatoms. The van der Waals surface area contributed by atoms with Gasteiger partial charge in [-0.05, 0) is 48.8 Å². The van der Waals surface area contributed by atoms with Crippen molar-refractivity contribution in [3.05, 3.63) is 28.0 Å². The second-order valence-electron chi connectivity index (χ2n) is 5.75. The second-order valence-corrected chi connectivity index (χ2v) is 6.60. The number of anilines is 1. The second kappa shape index (κ2) is 5.26. The Morgan fingerprint density at radius 1 is 1.30 bits per heavy atom. The van der Waals surface area contributed by atoms with Crippen molar-refractivity contribution in [1.29, 1.82) is 0 Å². The number of carbonyl (C=O) groups is 2. The first kappa shape index (κ1) is 15.1. The van der Waals surface area contributed by atoms with Gasteiger partial charge in [0.25, 0.3) is 11.7 Å². The molecule has 0 saturated heterocycles. The Balaban J connectivity index is 2.22. The number of benzene rings is 1. The summed E-state index contributed by atoms with van der Waals surface area (Å²) in [6, 6.07) is 2.58. The van der Waals surface area contributed by atoms with E-state index < -0.39 is 17.5 Å². The zero-order valence-electron chi connectivity index (χ0n) is 11.6. The molecule has 0 aliphatic carbocycles. The minimum absolute atomic E-state index is 0.0828. The molecule has 0 radical (unpaired) electrons. The molecule has 0 unspecified atom stereocenters. The molecule has 0 saturated carbocycles. The number of carbonyl (C=O) groups excluding carboxylic acids is 2. The predicted octanol–water partition coefficient (Wildman–Crippen LogP) is 2.51. The first-order chi connectivity index (χ1) is 9.20. The average molecular weight is 343 g/mol. The Morgan fingerprint density at radius 3 is 2.55 bits per heavy atom. The number of halogens is 2. The summed E-state index contributed by atoms with van der Waals surface area (Å²) in [5.41, 5.74) is 0.510.